The third-order valence-corrected chi connectivity index (χ3v) is 6.98. The molecule has 0 saturated carbocycles. The van der Waals surface area contributed by atoms with Gasteiger partial charge in [0, 0.05) is 36.6 Å². The Bertz CT molecular complexity index is 1080. The number of rotatable bonds is 11. The Morgan fingerprint density at radius 2 is 1.79 bits per heavy atom. The number of hydrogen-bond acceptors (Lipinski definition) is 4. The van der Waals surface area contributed by atoms with Crippen molar-refractivity contribution in [1.82, 2.24) is 10.2 Å². The minimum atomic E-state index is -3.58. The molecule has 0 aliphatic heterocycles. The van der Waals surface area contributed by atoms with E-state index in [2.05, 4.69) is 5.32 Å². The summed E-state index contributed by atoms with van der Waals surface area (Å²) < 4.78 is 25.9. The maximum Gasteiger partial charge on any atom is 0.242 e. The summed E-state index contributed by atoms with van der Waals surface area (Å²) >= 11 is 12.3. The molecule has 2 rings (SSSR count). The Balaban J connectivity index is 2.20. The SMILES string of the molecule is CCC(C(=O)NC)N(Cc1ccccc1Cl)C(=O)CCCN(c1cccc(Cl)c1)S(C)(=O)=O. The molecule has 180 valence electrons. The van der Waals surface area contributed by atoms with E-state index < -0.39 is 16.1 Å². The van der Waals surface area contributed by atoms with Crippen LogP contribution in [0.2, 0.25) is 10.0 Å². The fourth-order valence-corrected chi connectivity index (χ4v) is 4.87. The van der Waals surface area contributed by atoms with Crippen LogP contribution in [0.5, 0.6) is 0 Å². The van der Waals surface area contributed by atoms with Gasteiger partial charge in [-0.15, -0.1) is 0 Å². The van der Waals surface area contributed by atoms with Crippen molar-refractivity contribution in [2.45, 2.75) is 38.8 Å². The van der Waals surface area contributed by atoms with E-state index in [1.54, 1.807) is 36.4 Å². The van der Waals surface area contributed by atoms with Crippen molar-refractivity contribution in [3.05, 3.63) is 64.1 Å². The average Bonchev–Trinajstić information content (AvgIpc) is 2.76. The molecule has 2 amide bonds. The van der Waals surface area contributed by atoms with Gasteiger partial charge in [0.2, 0.25) is 21.8 Å². The molecule has 0 aromatic heterocycles. The second-order valence-corrected chi connectivity index (χ2v) is 10.3. The molecule has 0 aliphatic carbocycles. The first-order valence-corrected chi connectivity index (χ1v) is 13.2. The summed E-state index contributed by atoms with van der Waals surface area (Å²) in [6.07, 6.45) is 1.86. The van der Waals surface area contributed by atoms with Crippen LogP contribution in [0.4, 0.5) is 5.69 Å². The summed E-state index contributed by atoms with van der Waals surface area (Å²) in [6, 6.07) is 13.0. The van der Waals surface area contributed by atoms with E-state index in [1.807, 2.05) is 19.1 Å². The lowest BCUT2D eigenvalue weighted by molar-refractivity contribution is -0.141. The maximum atomic E-state index is 13.2. The van der Waals surface area contributed by atoms with Gasteiger partial charge in [-0.25, -0.2) is 8.42 Å². The molecular weight excluding hydrogens is 485 g/mol. The zero-order valence-corrected chi connectivity index (χ0v) is 21.3. The lowest BCUT2D eigenvalue weighted by Gasteiger charge is -2.31. The molecule has 0 saturated heterocycles. The molecule has 0 radical (unpaired) electrons. The van der Waals surface area contributed by atoms with E-state index in [0.717, 1.165) is 11.8 Å². The summed E-state index contributed by atoms with van der Waals surface area (Å²) in [4.78, 5) is 27.2. The first kappa shape index (κ1) is 27.0. The van der Waals surface area contributed by atoms with Gasteiger partial charge in [-0.1, -0.05) is 54.4 Å². The molecule has 0 aliphatic rings. The lowest BCUT2D eigenvalue weighted by atomic mass is 10.1. The number of hydrogen-bond donors (Lipinski definition) is 1. The van der Waals surface area contributed by atoms with Crippen LogP contribution in [0.1, 0.15) is 31.7 Å². The van der Waals surface area contributed by atoms with E-state index in [4.69, 9.17) is 23.2 Å². The first-order chi connectivity index (χ1) is 15.6. The molecule has 33 heavy (non-hydrogen) atoms. The molecule has 0 heterocycles. The highest BCUT2D eigenvalue weighted by molar-refractivity contribution is 7.92. The van der Waals surface area contributed by atoms with Crippen LogP contribution < -0.4 is 9.62 Å². The van der Waals surface area contributed by atoms with Gasteiger partial charge in [0.1, 0.15) is 6.04 Å². The van der Waals surface area contributed by atoms with Gasteiger partial charge >= 0.3 is 0 Å². The number of benzene rings is 2. The molecule has 0 fully saturated rings. The van der Waals surface area contributed by atoms with Gasteiger partial charge in [-0.2, -0.15) is 0 Å². The van der Waals surface area contributed by atoms with Crippen molar-refractivity contribution in [2.24, 2.45) is 0 Å². The first-order valence-electron chi connectivity index (χ1n) is 10.6. The predicted octanol–water partition coefficient (Wildman–Crippen LogP) is 4.09. The largest absolute Gasteiger partial charge is 0.357 e. The number of anilines is 1. The normalized spacial score (nSPS) is 12.2. The second-order valence-electron chi connectivity index (χ2n) is 7.57. The van der Waals surface area contributed by atoms with Gasteiger partial charge in [-0.3, -0.25) is 13.9 Å². The van der Waals surface area contributed by atoms with E-state index in [9.17, 15) is 18.0 Å². The molecule has 0 bridgehead atoms. The molecule has 2 aromatic carbocycles. The van der Waals surface area contributed by atoms with E-state index in [0.29, 0.717) is 22.2 Å². The number of likely N-dealkylation sites (N-methyl/N-ethyl adjacent to an activating group) is 1. The molecule has 1 unspecified atom stereocenters. The highest BCUT2D eigenvalue weighted by Crippen LogP contribution is 2.23. The molecule has 2 aromatic rings. The van der Waals surface area contributed by atoms with E-state index in [-0.39, 0.29) is 37.7 Å². The summed E-state index contributed by atoms with van der Waals surface area (Å²) in [7, 11) is -2.05. The lowest BCUT2D eigenvalue weighted by Crippen LogP contribution is -2.48. The molecular formula is C23H29Cl2N3O4S. The summed E-state index contributed by atoms with van der Waals surface area (Å²) in [5.74, 6) is -0.528. The van der Waals surface area contributed by atoms with Crippen molar-refractivity contribution >= 4 is 50.7 Å². The number of nitrogens with one attached hydrogen (secondary N) is 1. The summed E-state index contributed by atoms with van der Waals surface area (Å²) in [5.41, 5.74) is 1.16. The fourth-order valence-electron chi connectivity index (χ4n) is 3.53. The van der Waals surface area contributed by atoms with Crippen molar-refractivity contribution in [1.29, 1.82) is 0 Å². The Morgan fingerprint density at radius 1 is 1.09 bits per heavy atom. The predicted molar refractivity (Wildman–Crippen MR) is 133 cm³/mol. The van der Waals surface area contributed by atoms with E-state index in [1.165, 1.54) is 16.3 Å². The van der Waals surface area contributed by atoms with Gasteiger partial charge in [0.25, 0.3) is 0 Å². The fraction of sp³-hybridized carbons (Fsp3) is 0.391. The molecule has 1 N–H and O–H groups in total. The van der Waals surface area contributed by atoms with Gasteiger partial charge in [-0.05, 0) is 42.7 Å². The van der Waals surface area contributed by atoms with Crippen molar-refractivity contribution in [2.75, 3.05) is 24.2 Å². The minimum absolute atomic E-state index is 0.0601. The molecule has 0 spiro atoms. The molecule has 7 nitrogen and oxygen atoms in total. The Kier molecular flexibility index (Phi) is 10.0. The number of halogens is 2. The zero-order chi connectivity index (χ0) is 24.6. The van der Waals surface area contributed by atoms with Gasteiger partial charge in [0.15, 0.2) is 0 Å². The van der Waals surface area contributed by atoms with Crippen molar-refractivity contribution < 1.29 is 18.0 Å². The van der Waals surface area contributed by atoms with Crippen LogP contribution in [0, 0.1) is 0 Å². The van der Waals surface area contributed by atoms with Gasteiger partial charge in [0.05, 0.1) is 11.9 Å². The smallest absolute Gasteiger partial charge is 0.242 e. The maximum absolute atomic E-state index is 13.2. The van der Waals surface area contributed by atoms with Crippen LogP contribution in [0.3, 0.4) is 0 Å². The zero-order valence-electron chi connectivity index (χ0n) is 18.9. The second kappa shape index (κ2) is 12.3. The Labute approximate surface area is 205 Å². The summed E-state index contributed by atoms with van der Waals surface area (Å²) in [5, 5.41) is 3.53. The van der Waals surface area contributed by atoms with Crippen LogP contribution in [0.25, 0.3) is 0 Å². The topological polar surface area (TPSA) is 86.8 Å². The van der Waals surface area contributed by atoms with Crippen LogP contribution >= 0.6 is 23.2 Å². The van der Waals surface area contributed by atoms with Crippen molar-refractivity contribution in [3.63, 3.8) is 0 Å². The third-order valence-electron chi connectivity index (χ3n) is 5.18. The number of carbonyl (C=O) groups is 2. The Morgan fingerprint density at radius 3 is 2.36 bits per heavy atom. The van der Waals surface area contributed by atoms with Crippen LogP contribution in [-0.4, -0.2) is 51.0 Å². The summed E-state index contributed by atoms with van der Waals surface area (Å²) in [6.45, 7) is 2.10. The monoisotopic (exact) mass is 513 g/mol. The standard InChI is InChI=1S/C23H29Cl2N3O4S/c1-4-21(23(30)26-2)27(16-17-9-5-6-12-20(17)25)22(29)13-8-14-28(33(3,31)32)19-11-7-10-18(24)15-19/h5-7,9-12,15,21H,4,8,13-14,16H2,1-3H3,(H,26,30). The number of carbonyl (C=O) groups excluding carboxylic acids is 2. The average molecular weight is 514 g/mol. The third kappa shape index (κ3) is 7.62. The van der Waals surface area contributed by atoms with Crippen LogP contribution in [-0.2, 0) is 26.2 Å². The number of amides is 2. The van der Waals surface area contributed by atoms with Gasteiger partial charge < -0.3 is 10.2 Å². The number of sulfonamides is 1. The minimum Gasteiger partial charge on any atom is -0.357 e. The quantitative estimate of drug-likeness (QED) is 0.490. The van der Waals surface area contributed by atoms with E-state index >= 15 is 0 Å². The van der Waals surface area contributed by atoms with Crippen molar-refractivity contribution in [3.8, 4) is 0 Å². The highest BCUT2D eigenvalue weighted by Gasteiger charge is 2.28. The van der Waals surface area contributed by atoms with Crippen LogP contribution in [0.15, 0.2) is 48.5 Å². The molecule has 1 atom stereocenters. The Hall–Kier alpha value is -2.29. The number of nitrogens with zero attached hydrogens (tertiary/aromatic N) is 2. The highest BCUT2D eigenvalue weighted by atomic mass is 35.5. The molecule has 10 heteroatoms.